The van der Waals surface area contributed by atoms with Crippen molar-refractivity contribution in [1.82, 2.24) is 5.32 Å². The predicted molar refractivity (Wildman–Crippen MR) is 89.4 cm³/mol. The standard InChI is InChI=1S/C17H18Cl2FNO/c1-10(14-6-4-12(18)8-16(14)19)21-11(2)15-9-13(20)5-7-17(15)22-3/h4-11,21H,1-3H3. The third-order valence-electron chi connectivity index (χ3n) is 3.59. The van der Waals surface area contributed by atoms with Crippen LogP contribution in [0.15, 0.2) is 36.4 Å². The molecule has 0 fully saturated rings. The molecule has 2 nitrogen and oxygen atoms in total. The number of hydrogen-bond acceptors (Lipinski definition) is 2. The van der Waals surface area contributed by atoms with Crippen molar-refractivity contribution >= 4 is 23.2 Å². The van der Waals surface area contributed by atoms with Gasteiger partial charge in [-0.1, -0.05) is 29.3 Å². The maximum atomic E-state index is 13.5. The van der Waals surface area contributed by atoms with Crippen LogP contribution in [-0.4, -0.2) is 7.11 Å². The summed E-state index contributed by atoms with van der Waals surface area (Å²) in [4.78, 5) is 0. The van der Waals surface area contributed by atoms with Gasteiger partial charge in [0.2, 0.25) is 0 Å². The Hall–Kier alpha value is -1.29. The molecule has 0 aliphatic rings. The molecule has 5 heteroatoms. The van der Waals surface area contributed by atoms with Crippen molar-refractivity contribution in [3.05, 3.63) is 63.4 Å². The average Bonchev–Trinajstić information content (AvgIpc) is 2.46. The normalized spacial score (nSPS) is 13.7. The monoisotopic (exact) mass is 341 g/mol. The van der Waals surface area contributed by atoms with Gasteiger partial charge in [-0.2, -0.15) is 0 Å². The van der Waals surface area contributed by atoms with Crippen LogP contribution in [0.3, 0.4) is 0 Å². The minimum Gasteiger partial charge on any atom is -0.496 e. The van der Waals surface area contributed by atoms with E-state index in [1.54, 1.807) is 25.3 Å². The zero-order chi connectivity index (χ0) is 16.3. The van der Waals surface area contributed by atoms with Gasteiger partial charge in [0, 0.05) is 27.7 Å². The quantitative estimate of drug-likeness (QED) is 0.769. The lowest BCUT2D eigenvalue weighted by Crippen LogP contribution is -2.23. The fraction of sp³-hybridized carbons (Fsp3) is 0.294. The zero-order valence-electron chi connectivity index (χ0n) is 12.7. The highest BCUT2D eigenvalue weighted by Crippen LogP contribution is 2.30. The average molecular weight is 342 g/mol. The van der Waals surface area contributed by atoms with Crippen LogP contribution in [0.4, 0.5) is 4.39 Å². The molecule has 0 saturated heterocycles. The SMILES string of the molecule is COc1ccc(F)cc1C(C)NC(C)c1ccc(Cl)cc1Cl. The van der Waals surface area contributed by atoms with Crippen molar-refractivity contribution < 1.29 is 9.13 Å². The second-order valence-electron chi connectivity index (χ2n) is 5.16. The van der Waals surface area contributed by atoms with Gasteiger partial charge in [-0.3, -0.25) is 0 Å². The van der Waals surface area contributed by atoms with E-state index in [2.05, 4.69) is 5.32 Å². The number of hydrogen-bond donors (Lipinski definition) is 1. The zero-order valence-corrected chi connectivity index (χ0v) is 14.2. The van der Waals surface area contributed by atoms with E-state index in [-0.39, 0.29) is 17.9 Å². The first-order chi connectivity index (χ1) is 10.4. The van der Waals surface area contributed by atoms with Gasteiger partial charge in [0.05, 0.1) is 7.11 Å². The Bertz CT molecular complexity index is 663. The molecule has 2 rings (SSSR count). The van der Waals surface area contributed by atoms with Crippen LogP contribution < -0.4 is 10.1 Å². The molecule has 2 atom stereocenters. The first kappa shape index (κ1) is 17.1. The maximum Gasteiger partial charge on any atom is 0.123 e. The first-order valence-corrected chi connectivity index (χ1v) is 7.72. The van der Waals surface area contributed by atoms with Gasteiger partial charge >= 0.3 is 0 Å². The van der Waals surface area contributed by atoms with Crippen LogP contribution in [0, 0.1) is 5.82 Å². The second-order valence-corrected chi connectivity index (χ2v) is 6.01. The van der Waals surface area contributed by atoms with E-state index in [0.717, 1.165) is 11.1 Å². The molecule has 22 heavy (non-hydrogen) atoms. The Morgan fingerprint density at radius 1 is 1.00 bits per heavy atom. The van der Waals surface area contributed by atoms with Crippen LogP contribution in [0.2, 0.25) is 10.0 Å². The van der Waals surface area contributed by atoms with E-state index in [4.69, 9.17) is 27.9 Å². The lowest BCUT2D eigenvalue weighted by Gasteiger charge is -2.23. The summed E-state index contributed by atoms with van der Waals surface area (Å²) in [6.07, 6.45) is 0. The van der Waals surface area contributed by atoms with Crippen molar-refractivity contribution in [2.75, 3.05) is 7.11 Å². The highest BCUT2D eigenvalue weighted by molar-refractivity contribution is 6.35. The minimum atomic E-state index is -0.290. The molecule has 0 aliphatic heterocycles. The molecule has 2 aromatic rings. The molecule has 0 saturated carbocycles. The topological polar surface area (TPSA) is 21.3 Å². The highest BCUT2D eigenvalue weighted by atomic mass is 35.5. The third kappa shape index (κ3) is 3.92. The van der Waals surface area contributed by atoms with Crippen molar-refractivity contribution in [2.24, 2.45) is 0 Å². The molecule has 2 aromatic carbocycles. The van der Waals surface area contributed by atoms with Crippen molar-refractivity contribution in [2.45, 2.75) is 25.9 Å². The Kier molecular flexibility index (Phi) is 5.68. The van der Waals surface area contributed by atoms with E-state index in [1.807, 2.05) is 19.9 Å². The van der Waals surface area contributed by atoms with Crippen molar-refractivity contribution in [3.8, 4) is 5.75 Å². The van der Waals surface area contributed by atoms with Crippen molar-refractivity contribution in [1.29, 1.82) is 0 Å². The molecule has 0 aliphatic carbocycles. The Balaban J connectivity index is 2.21. The summed E-state index contributed by atoms with van der Waals surface area (Å²) in [5.41, 5.74) is 1.70. The molecule has 0 radical (unpaired) electrons. The van der Waals surface area contributed by atoms with Gasteiger partial charge in [-0.15, -0.1) is 0 Å². The summed E-state index contributed by atoms with van der Waals surface area (Å²) in [7, 11) is 1.57. The number of halogens is 3. The van der Waals surface area contributed by atoms with Gasteiger partial charge in [0.25, 0.3) is 0 Å². The minimum absolute atomic E-state index is 0.0206. The van der Waals surface area contributed by atoms with E-state index in [1.165, 1.54) is 12.1 Å². The van der Waals surface area contributed by atoms with E-state index >= 15 is 0 Å². The second kappa shape index (κ2) is 7.32. The van der Waals surface area contributed by atoms with Crippen molar-refractivity contribution in [3.63, 3.8) is 0 Å². The molecule has 0 spiro atoms. The molecule has 2 unspecified atom stereocenters. The number of rotatable bonds is 5. The smallest absolute Gasteiger partial charge is 0.123 e. The lowest BCUT2D eigenvalue weighted by molar-refractivity contribution is 0.395. The van der Waals surface area contributed by atoms with E-state index in [9.17, 15) is 4.39 Å². The summed E-state index contributed by atoms with van der Waals surface area (Å²) in [6.45, 7) is 3.95. The molecule has 0 heterocycles. The summed E-state index contributed by atoms with van der Waals surface area (Å²) in [5.74, 6) is 0.359. The first-order valence-electron chi connectivity index (χ1n) is 6.96. The van der Waals surface area contributed by atoms with Crippen LogP contribution in [0.5, 0.6) is 5.75 Å². The van der Waals surface area contributed by atoms with Crippen LogP contribution >= 0.6 is 23.2 Å². The van der Waals surface area contributed by atoms with E-state index in [0.29, 0.717) is 15.8 Å². The molecule has 0 aromatic heterocycles. The molecular formula is C17H18Cl2FNO. The number of methoxy groups -OCH3 is 1. The molecular weight excluding hydrogens is 324 g/mol. The number of benzene rings is 2. The maximum absolute atomic E-state index is 13.5. The molecule has 0 amide bonds. The lowest BCUT2D eigenvalue weighted by atomic mass is 10.0. The predicted octanol–water partition coefficient (Wildman–Crippen LogP) is 5.55. The summed E-state index contributed by atoms with van der Waals surface area (Å²) >= 11 is 12.1. The fourth-order valence-corrected chi connectivity index (χ4v) is 3.02. The summed E-state index contributed by atoms with van der Waals surface area (Å²) in [5, 5.41) is 4.60. The molecule has 118 valence electrons. The highest BCUT2D eigenvalue weighted by Gasteiger charge is 2.17. The largest absolute Gasteiger partial charge is 0.496 e. The third-order valence-corrected chi connectivity index (χ3v) is 4.15. The van der Waals surface area contributed by atoms with Gasteiger partial charge in [0.15, 0.2) is 0 Å². The summed E-state index contributed by atoms with van der Waals surface area (Å²) in [6, 6.07) is 9.76. The summed E-state index contributed by atoms with van der Waals surface area (Å²) < 4.78 is 18.8. The Morgan fingerprint density at radius 2 is 1.68 bits per heavy atom. The Morgan fingerprint density at radius 3 is 2.32 bits per heavy atom. The Labute approximate surface area is 140 Å². The number of ether oxygens (including phenoxy) is 1. The van der Waals surface area contributed by atoms with Gasteiger partial charge in [-0.05, 0) is 49.7 Å². The fourth-order valence-electron chi connectivity index (χ4n) is 2.45. The van der Waals surface area contributed by atoms with Gasteiger partial charge in [-0.25, -0.2) is 4.39 Å². The van der Waals surface area contributed by atoms with Crippen LogP contribution in [-0.2, 0) is 0 Å². The van der Waals surface area contributed by atoms with E-state index < -0.39 is 0 Å². The van der Waals surface area contributed by atoms with Gasteiger partial charge < -0.3 is 10.1 Å². The van der Waals surface area contributed by atoms with Gasteiger partial charge in [0.1, 0.15) is 11.6 Å². The number of nitrogens with one attached hydrogen (secondary N) is 1. The van der Waals surface area contributed by atoms with Crippen LogP contribution in [0.1, 0.15) is 37.1 Å². The van der Waals surface area contributed by atoms with Crippen LogP contribution in [0.25, 0.3) is 0 Å². The molecule has 1 N–H and O–H groups in total. The molecule has 0 bridgehead atoms.